The van der Waals surface area contributed by atoms with E-state index in [-0.39, 0.29) is 24.0 Å². The maximum Gasteiger partial charge on any atom is 0.194 e. The zero-order chi connectivity index (χ0) is 21.2. The number of rotatable bonds is 8. The van der Waals surface area contributed by atoms with Gasteiger partial charge in [0.05, 0.1) is 13.7 Å². The number of methoxy groups -OCH3 is 2. The monoisotopic (exact) mass is 539 g/mol. The molecule has 31 heavy (non-hydrogen) atoms. The highest BCUT2D eigenvalue weighted by Gasteiger charge is 2.19. The van der Waals surface area contributed by atoms with Crippen LogP contribution in [0.15, 0.2) is 53.5 Å². The Balaban J connectivity index is 0.00000341. The molecule has 1 aliphatic heterocycles. The Kier molecular flexibility index (Phi) is 10.7. The van der Waals surface area contributed by atoms with Gasteiger partial charge in [-0.25, -0.2) is 0 Å². The lowest BCUT2D eigenvalue weighted by molar-refractivity contribution is 0.211. The van der Waals surface area contributed by atoms with Gasteiger partial charge in [-0.15, -0.1) is 24.0 Å². The quantitative estimate of drug-likeness (QED) is 0.233. The lowest BCUT2D eigenvalue weighted by atomic mass is 10.2. The van der Waals surface area contributed by atoms with Crippen LogP contribution in [0.4, 0.5) is 11.4 Å². The van der Waals surface area contributed by atoms with Crippen LogP contribution in [0.2, 0.25) is 0 Å². The first-order chi connectivity index (χ1) is 14.7. The van der Waals surface area contributed by atoms with Crippen molar-refractivity contribution in [1.82, 2.24) is 10.2 Å². The van der Waals surface area contributed by atoms with Crippen molar-refractivity contribution in [3.8, 4) is 5.75 Å². The molecule has 0 radical (unpaired) electrons. The van der Waals surface area contributed by atoms with E-state index in [0.29, 0.717) is 6.61 Å². The average Bonchev–Trinajstić information content (AvgIpc) is 2.81. The highest BCUT2D eigenvalue weighted by molar-refractivity contribution is 14.0. The lowest BCUT2D eigenvalue weighted by Gasteiger charge is -2.37. The molecule has 1 fully saturated rings. The third-order valence-corrected chi connectivity index (χ3v) is 5.27. The first kappa shape index (κ1) is 25.1. The van der Waals surface area contributed by atoms with Crippen molar-refractivity contribution >= 4 is 41.3 Å². The minimum absolute atomic E-state index is 0. The number of nitrogens with one attached hydrogen (secondary N) is 2. The summed E-state index contributed by atoms with van der Waals surface area (Å²) in [6.45, 7) is 6.07. The van der Waals surface area contributed by atoms with Crippen LogP contribution in [0.3, 0.4) is 0 Å². The summed E-state index contributed by atoms with van der Waals surface area (Å²) in [7, 11) is 5.25. The molecule has 0 aromatic heterocycles. The number of hydrogen-bond donors (Lipinski definition) is 2. The molecule has 7 nitrogen and oxygen atoms in total. The summed E-state index contributed by atoms with van der Waals surface area (Å²) in [5, 5.41) is 6.83. The Morgan fingerprint density at radius 2 is 1.65 bits per heavy atom. The summed E-state index contributed by atoms with van der Waals surface area (Å²) < 4.78 is 10.3. The van der Waals surface area contributed by atoms with Crippen molar-refractivity contribution in [1.29, 1.82) is 0 Å². The van der Waals surface area contributed by atoms with E-state index < -0.39 is 0 Å². The van der Waals surface area contributed by atoms with E-state index in [1.807, 2.05) is 19.2 Å². The number of guanidine groups is 1. The van der Waals surface area contributed by atoms with Crippen LogP contribution in [0.5, 0.6) is 5.75 Å². The van der Waals surface area contributed by atoms with Gasteiger partial charge in [0.25, 0.3) is 0 Å². The second-order valence-corrected chi connectivity index (χ2v) is 7.19. The molecule has 1 heterocycles. The normalized spacial score (nSPS) is 14.1. The molecule has 1 saturated heterocycles. The lowest BCUT2D eigenvalue weighted by Crippen LogP contribution is -2.52. The maximum atomic E-state index is 5.25. The number of anilines is 2. The Labute approximate surface area is 202 Å². The summed E-state index contributed by atoms with van der Waals surface area (Å²) in [6.07, 6.45) is 0. The van der Waals surface area contributed by atoms with Gasteiger partial charge in [-0.2, -0.15) is 0 Å². The second kappa shape index (κ2) is 13.3. The van der Waals surface area contributed by atoms with Crippen molar-refractivity contribution in [2.45, 2.75) is 6.54 Å². The fourth-order valence-electron chi connectivity index (χ4n) is 3.52. The highest BCUT2D eigenvalue weighted by Crippen LogP contribution is 2.20. The van der Waals surface area contributed by atoms with E-state index >= 15 is 0 Å². The number of nitrogens with zero attached hydrogens (tertiary/aromatic N) is 3. The largest absolute Gasteiger partial charge is 0.497 e. The smallest absolute Gasteiger partial charge is 0.194 e. The number of ether oxygens (including phenoxy) is 2. The molecule has 2 aromatic rings. The van der Waals surface area contributed by atoms with Crippen LogP contribution in [-0.4, -0.2) is 71.5 Å². The van der Waals surface area contributed by atoms with Crippen molar-refractivity contribution in [3.05, 3.63) is 54.1 Å². The van der Waals surface area contributed by atoms with Gasteiger partial charge in [-0.3, -0.25) is 4.99 Å². The summed E-state index contributed by atoms with van der Waals surface area (Å²) in [4.78, 5) is 9.21. The molecular weight excluding hydrogens is 505 g/mol. The van der Waals surface area contributed by atoms with Crippen LogP contribution in [0.1, 0.15) is 5.56 Å². The average molecular weight is 539 g/mol. The van der Waals surface area contributed by atoms with Crippen molar-refractivity contribution in [2.75, 3.05) is 70.8 Å². The second-order valence-electron chi connectivity index (χ2n) is 7.19. The first-order valence-electron chi connectivity index (χ1n) is 10.4. The van der Waals surface area contributed by atoms with Gasteiger partial charge in [-0.05, 0) is 42.0 Å². The molecule has 0 saturated carbocycles. The topological polar surface area (TPSA) is 61.4 Å². The van der Waals surface area contributed by atoms with Crippen molar-refractivity contribution in [3.63, 3.8) is 0 Å². The van der Waals surface area contributed by atoms with Crippen LogP contribution >= 0.6 is 24.0 Å². The summed E-state index contributed by atoms with van der Waals surface area (Å²) in [6, 6.07) is 16.7. The predicted octanol–water partition coefficient (Wildman–Crippen LogP) is 3.27. The number of benzene rings is 2. The maximum absolute atomic E-state index is 5.25. The van der Waals surface area contributed by atoms with E-state index in [4.69, 9.17) is 9.47 Å². The van der Waals surface area contributed by atoms with E-state index in [0.717, 1.165) is 56.7 Å². The molecule has 0 aliphatic carbocycles. The van der Waals surface area contributed by atoms with Gasteiger partial charge < -0.3 is 29.9 Å². The standard InChI is InChI=1S/C23H33N5O2.HI/c1-24-23(26-18-19-4-6-20(7-5-19)25-12-17-29-2)28-15-13-27(14-16-28)21-8-10-22(30-3)11-9-21;/h4-11,25H,12-18H2,1-3H3,(H,24,26);1H. The number of halogens is 1. The summed E-state index contributed by atoms with van der Waals surface area (Å²) in [5.41, 5.74) is 3.57. The molecule has 0 atom stereocenters. The zero-order valence-electron chi connectivity index (χ0n) is 18.6. The molecule has 0 spiro atoms. The Bertz CT molecular complexity index is 791. The third kappa shape index (κ3) is 7.46. The van der Waals surface area contributed by atoms with Gasteiger partial charge in [0, 0.05) is 64.8 Å². The molecule has 3 rings (SSSR count). The van der Waals surface area contributed by atoms with Crippen LogP contribution in [0, 0.1) is 0 Å². The van der Waals surface area contributed by atoms with Gasteiger partial charge in [-0.1, -0.05) is 12.1 Å². The molecule has 0 unspecified atom stereocenters. The van der Waals surface area contributed by atoms with Gasteiger partial charge in [0.2, 0.25) is 0 Å². The fourth-order valence-corrected chi connectivity index (χ4v) is 3.52. The third-order valence-electron chi connectivity index (χ3n) is 5.27. The summed E-state index contributed by atoms with van der Waals surface area (Å²) >= 11 is 0. The molecular formula is C23H34IN5O2. The molecule has 2 aromatic carbocycles. The minimum atomic E-state index is 0. The van der Waals surface area contributed by atoms with E-state index in [2.05, 4.69) is 61.8 Å². The molecule has 0 amide bonds. The van der Waals surface area contributed by atoms with E-state index in [9.17, 15) is 0 Å². The minimum Gasteiger partial charge on any atom is -0.497 e. The van der Waals surface area contributed by atoms with Crippen molar-refractivity contribution in [2.24, 2.45) is 4.99 Å². The van der Waals surface area contributed by atoms with Gasteiger partial charge in [0.15, 0.2) is 5.96 Å². The Morgan fingerprint density at radius 1 is 0.968 bits per heavy atom. The number of hydrogen-bond acceptors (Lipinski definition) is 5. The molecule has 1 aliphatic rings. The fraction of sp³-hybridized carbons (Fsp3) is 0.435. The molecule has 2 N–H and O–H groups in total. The zero-order valence-corrected chi connectivity index (χ0v) is 21.0. The summed E-state index contributed by atoms with van der Waals surface area (Å²) in [5.74, 6) is 1.84. The Hall–Kier alpha value is -2.20. The van der Waals surface area contributed by atoms with Crippen molar-refractivity contribution < 1.29 is 9.47 Å². The molecule has 170 valence electrons. The first-order valence-corrected chi connectivity index (χ1v) is 10.4. The van der Waals surface area contributed by atoms with Crippen LogP contribution in [-0.2, 0) is 11.3 Å². The van der Waals surface area contributed by atoms with Crippen LogP contribution in [0.25, 0.3) is 0 Å². The highest BCUT2D eigenvalue weighted by atomic mass is 127. The van der Waals surface area contributed by atoms with Crippen LogP contribution < -0.4 is 20.3 Å². The number of aliphatic imine (C=N–C) groups is 1. The van der Waals surface area contributed by atoms with E-state index in [1.54, 1.807) is 14.2 Å². The predicted molar refractivity (Wildman–Crippen MR) is 139 cm³/mol. The van der Waals surface area contributed by atoms with Gasteiger partial charge >= 0.3 is 0 Å². The molecule has 0 bridgehead atoms. The van der Waals surface area contributed by atoms with E-state index in [1.165, 1.54) is 11.3 Å². The number of piperazine rings is 1. The van der Waals surface area contributed by atoms with Gasteiger partial charge in [0.1, 0.15) is 5.75 Å². The molecule has 8 heteroatoms. The SMILES string of the molecule is CN=C(NCc1ccc(NCCOC)cc1)N1CCN(c2ccc(OC)cc2)CC1.I. The Morgan fingerprint density at radius 3 is 2.23 bits per heavy atom.